The van der Waals surface area contributed by atoms with Crippen molar-refractivity contribution in [3.8, 4) is 0 Å². The van der Waals surface area contributed by atoms with Crippen LogP contribution in [0.25, 0.3) is 0 Å². The predicted octanol–water partition coefficient (Wildman–Crippen LogP) is 6.88. The van der Waals surface area contributed by atoms with Gasteiger partial charge in [0.05, 0.1) is 17.4 Å². The molecule has 2 atom stereocenters. The minimum Gasteiger partial charge on any atom is -0.355 e. The molecule has 6 heteroatoms. The van der Waals surface area contributed by atoms with Gasteiger partial charge in [-0.3, -0.25) is 9.80 Å². The molecule has 0 saturated heterocycles. The van der Waals surface area contributed by atoms with E-state index in [0.717, 1.165) is 24.9 Å². The quantitative estimate of drug-likeness (QED) is 0.333. The second-order valence-electron chi connectivity index (χ2n) is 10.1. The summed E-state index contributed by atoms with van der Waals surface area (Å²) < 4.78 is 28.1. The van der Waals surface area contributed by atoms with Gasteiger partial charge in [0.1, 0.15) is 17.6 Å². The zero-order valence-electron chi connectivity index (χ0n) is 21.0. The van der Waals surface area contributed by atoms with Gasteiger partial charge in [0.25, 0.3) is 0 Å². The van der Waals surface area contributed by atoms with Crippen molar-refractivity contribution >= 4 is 17.3 Å². The Balaban J connectivity index is 1.72. The number of para-hydroxylation sites is 1. The molecule has 0 bridgehead atoms. The number of amides is 1. The molecule has 0 spiro atoms. The van der Waals surface area contributed by atoms with E-state index in [0.29, 0.717) is 23.4 Å². The molecular formula is C30H33F2N3O. The summed E-state index contributed by atoms with van der Waals surface area (Å²) in [6.07, 6.45) is 2.92. The zero-order valence-corrected chi connectivity index (χ0v) is 21.0. The van der Waals surface area contributed by atoms with Gasteiger partial charge in [0, 0.05) is 6.54 Å². The third-order valence-corrected chi connectivity index (χ3v) is 7.01. The molecule has 0 aromatic heterocycles. The number of anilines is 1. The van der Waals surface area contributed by atoms with Crippen molar-refractivity contribution in [2.24, 2.45) is 16.4 Å². The number of halogens is 2. The topological polar surface area (TPSA) is 44.7 Å². The summed E-state index contributed by atoms with van der Waals surface area (Å²) in [5.74, 6) is -1.63. The Morgan fingerprint density at radius 3 is 2.36 bits per heavy atom. The highest BCUT2D eigenvalue weighted by Crippen LogP contribution is 2.41. The molecular weight excluding hydrogens is 456 g/mol. The Morgan fingerprint density at radius 2 is 1.69 bits per heavy atom. The normalized spacial score (nSPS) is 17.7. The molecule has 0 fully saturated rings. The Labute approximate surface area is 212 Å². The van der Waals surface area contributed by atoms with Gasteiger partial charge in [-0.05, 0) is 65.8 Å². The van der Waals surface area contributed by atoms with Crippen molar-refractivity contribution in [1.82, 2.24) is 5.32 Å². The van der Waals surface area contributed by atoms with E-state index in [-0.39, 0.29) is 23.0 Å². The second-order valence-corrected chi connectivity index (χ2v) is 10.1. The lowest BCUT2D eigenvalue weighted by molar-refractivity contribution is -0.123. The van der Waals surface area contributed by atoms with Crippen molar-refractivity contribution in [1.29, 1.82) is 0 Å². The number of rotatable bonds is 9. The smallest absolute Gasteiger partial charge is 0.231 e. The van der Waals surface area contributed by atoms with Crippen molar-refractivity contribution in [3.63, 3.8) is 0 Å². The molecule has 1 N–H and O–H groups in total. The number of hydrazone groups is 1. The Bertz CT molecular complexity index is 1210. The third-order valence-electron chi connectivity index (χ3n) is 7.01. The number of carbonyl (C=O) groups excluding carboxylic acids is 1. The second kappa shape index (κ2) is 11.0. The molecule has 3 aromatic rings. The molecule has 188 valence electrons. The number of nitrogens with zero attached hydrogens (tertiary/aromatic N) is 2. The van der Waals surface area contributed by atoms with Crippen LogP contribution in [0.3, 0.4) is 0 Å². The summed E-state index contributed by atoms with van der Waals surface area (Å²) >= 11 is 0. The SMILES string of the molecule is CCC(C)(C)CCCNC(=O)C1C(c2ccc(F)cc2)=NN(c2ccccc2)C1c1cccc(F)c1. The van der Waals surface area contributed by atoms with Crippen LogP contribution < -0.4 is 10.3 Å². The zero-order chi connectivity index (χ0) is 25.7. The van der Waals surface area contributed by atoms with Crippen LogP contribution in [0.15, 0.2) is 84.0 Å². The van der Waals surface area contributed by atoms with Crippen LogP contribution in [-0.4, -0.2) is 18.2 Å². The summed E-state index contributed by atoms with van der Waals surface area (Å²) in [4.78, 5) is 13.7. The lowest BCUT2D eigenvalue weighted by Gasteiger charge is -2.28. The van der Waals surface area contributed by atoms with E-state index in [1.165, 1.54) is 24.3 Å². The number of hydrogen-bond acceptors (Lipinski definition) is 3. The Hall–Kier alpha value is -3.54. The molecule has 1 heterocycles. The highest BCUT2D eigenvalue weighted by molar-refractivity contribution is 6.15. The highest BCUT2D eigenvalue weighted by Gasteiger charge is 2.44. The average Bonchev–Trinajstić information content (AvgIpc) is 3.28. The molecule has 36 heavy (non-hydrogen) atoms. The van der Waals surface area contributed by atoms with Crippen LogP contribution in [0.5, 0.6) is 0 Å². The first kappa shape index (κ1) is 25.5. The molecule has 4 nitrogen and oxygen atoms in total. The van der Waals surface area contributed by atoms with Crippen LogP contribution in [0.4, 0.5) is 14.5 Å². The molecule has 4 rings (SSSR count). The standard InChI is InChI=1S/C30H33F2N3O/c1-4-30(2,3)18-9-19-33-29(36)26-27(21-14-16-23(31)17-15-21)34-35(25-12-6-5-7-13-25)28(26)22-10-8-11-24(32)20-22/h5-8,10-17,20,26,28H,4,9,18-19H2,1-3H3,(H,33,36). The first-order valence-corrected chi connectivity index (χ1v) is 12.5. The monoisotopic (exact) mass is 489 g/mol. The van der Waals surface area contributed by atoms with Gasteiger partial charge in [0.2, 0.25) is 5.91 Å². The van der Waals surface area contributed by atoms with Crippen molar-refractivity contribution in [2.75, 3.05) is 11.6 Å². The fraction of sp³-hybridized carbons (Fsp3) is 0.333. The average molecular weight is 490 g/mol. The molecule has 3 aromatic carbocycles. The van der Waals surface area contributed by atoms with E-state index < -0.39 is 12.0 Å². The van der Waals surface area contributed by atoms with Gasteiger partial charge in [-0.2, -0.15) is 5.10 Å². The number of hydrogen-bond donors (Lipinski definition) is 1. The van der Waals surface area contributed by atoms with E-state index in [9.17, 15) is 13.6 Å². The summed E-state index contributed by atoms with van der Waals surface area (Å²) in [7, 11) is 0. The predicted molar refractivity (Wildman–Crippen MR) is 141 cm³/mol. The molecule has 0 saturated carbocycles. The summed E-state index contributed by atoms with van der Waals surface area (Å²) in [5.41, 5.74) is 2.83. The van der Waals surface area contributed by atoms with E-state index in [1.807, 2.05) is 36.4 Å². The molecule has 0 aliphatic carbocycles. The summed E-state index contributed by atoms with van der Waals surface area (Å²) in [6.45, 7) is 7.16. The van der Waals surface area contributed by atoms with E-state index in [4.69, 9.17) is 5.10 Å². The van der Waals surface area contributed by atoms with Crippen LogP contribution in [0, 0.1) is 23.0 Å². The van der Waals surface area contributed by atoms with Crippen LogP contribution in [0.2, 0.25) is 0 Å². The number of nitrogens with one attached hydrogen (secondary N) is 1. The van der Waals surface area contributed by atoms with E-state index in [2.05, 4.69) is 26.1 Å². The van der Waals surface area contributed by atoms with Crippen molar-refractivity contribution in [3.05, 3.63) is 102 Å². The third kappa shape index (κ3) is 5.81. The van der Waals surface area contributed by atoms with Gasteiger partial charge >= 0.3 is 0 Å². The van der Waals surface area contributed by atoms with Gasteiger partial charge in [-0.15, -0.1) is 0 Å². The maximum absolute atomic E-state index is 14.3. The van der Waals surface area contributed by atoms with Crippen LogP contribution in [-0.2, 0) is 4.79 Å². The van der Waals surface area contributed by atoms with Gasteiger partial charge < -0.3 is 5.32 Å². The Kier molecular flexibility index (Phi) is 7.82. The maximum atomic E-state index is 14.3. The van der Waals surface area contributed by atoms with Gasteiger partial charge in [-0.25, -0.2) is 8.78 Å². The first-order chi connectivity index (χ1) is 17.3. The minimum absolute atomic E-state index is 0.180. The van der Waals surface area contributed by atoms with Crippen molar-refractivity contribution in [2.45, 2.75) is 46.1 Å². The lowest BCUT2D eigenvalue weighted by Crippen LogP contribution is -2.40. The first-order valence-electron chi connectivity index (χ1n) is 12.5. The summed E-state index contributed by atoms with van der Waals surface area (Å²) in [5, 5.41) is 9.75. The molecule has 1 aliphatic rings. The number of benzene rings is 3. The van der Waals surface area contributed by atoms with E-state index in [1.54, 1.807) is 23.2 Å². The fourth-order valence-electron chi connectivity index (χ4n) is 4.55. The molecule has 0 radical (unpaired) electrons. The van der Waals surface area contributed by atoms with Gasteiger partial charge in [-0.1, -0.05) is 69.7 Å². The lowest BCUT2D eigenvalue weighted by atomic mass is 9.85. The summed E-state index contributed by atoms with van der Waals surface area (Å²) in [6, 6.07) is 21.2. The minimum atomic E-state index is -0.711. The maximum Gasteiger partial charge on any atom is 0.231 e. The highest BCUT2D eigenvalue weighted by atomic mass is 19.1. The van der Waals surface area contributed by atoms with E-state index >= 15 is 0 Å². The van der Waals surface area contributed by atoms with Crippen molar-refractivity contribution < 1.29 is 13.6 Å². The fourth-order valence-corrected chi connectivity index (χ4v) is 4.55. The number of carbonyl (C=O) groups is 1. The molecule has 1 aliphatic heterocycles. The molecule has 1 amide bonds. The largest absolute Gasteiger partial charge is 0.355 e. The van der Waals surface area contributed by atoms with Crippen LogP contribution in [0.1, 0.15) is 57.2 Å². The van der Waals surface area contributed by atoms with Gasteiger partial charge in [0.15, 0.2) is 0 Å². The Morgan fingerprint density at radius 1 is 0.972 bits per heavy atom. The molecule has 2 unspecified atom stereocenters. The van der Waals surface area contributed by atoms with Crippen LogP contribution >= 0.6 is 0 Å².